The number of hydrogen-bond donors (Lipinski definition) is 3. The van der Waals surface area contributed by atoms with Crippen LogP contribution in [0.4, 0.5) is 4.79 Å². The molecule has 0 bridgehead atoms. The van der Waals surface area contributed by atoms with Crippen molar-refractivity contribution >= 4 is 18.0 Å². The van der Waals surface area contributed by atoms with E-state index in [2.05, 4.69) is 15.4 Å². The maximum atomic E-state index is 11.1. The van der Waals surface area contributed by atoms with E-state index in [1.807, 2.05) is 0 Å². The van der Waals surface area contributed by atoms with E-state index < -0.39 is 24.0 Å². The maximum absolute atomic E-state index is 11.1. The number of nitrogens with one attached hydrogen (secondary N) is 2. The summed E-state index contributed by atoms with van der Waals surface area (Å²) in [5.74, 6) is -1.53. The highest BCUT2D eigenvalue weighted by atomic mass is 16.5. The maximum Gasteiger partial charge on any atom is 0.326 e. The summed E-state index contributed by atoms with van der Waals surface area (Å²) in [6.45, 7) is 1.75. The Morgan fingerprint density at radius 2 is 2.00 bits per heavy atom. The molecule has 0 fully saturated rings. The van der Waals surface area contributed by atoms with E-state index in [0.29, 0.717) is 6.42 Å². The number of aliphatic carboxylic acids is 1. The van der Waals surface area contributed by atoms with Crippen LogP contribution in [0.15, 0.2) is 0 Å². The van der Waals surface area contributed by atoms with Gasteiger partial charge in [-0.15, -0.1) is 0 Å². The van der Waals surface area contributed by atoms with Crippen LogP contribution in [0, 0.1) is 0 Å². The predicted molar refractivity (Wildman–Crippen MR) is 54.9 cm³/mol. The average Bonchev–Trinajstić information content (AvgIpc) is 2.25. The molecule has 0 spiro atoms. The summed E-state index contributed by atoms with van der Waals surface area (Å²) in [6, 6.07) is -1.53. The molecule has 0 rings (SSSR count). The van der Waals surface area contributed by atoms with Gasteiger partial charge in [0, 0.05) is 6.54 Å². The smallest absolute Gasteiger partial charge is 0.326 e. The van der Waals surface area contributed by atoms with Crippen molar-refractivity contribution in [3.05, 3.63) is 0 Å². The summed E-state index contributed by atoms with van der Waals surface area (Å²) in [7, 11) is 1.25. The monoisotopic (exact) mass is 232 g/mol. The second-order valence-corrected chi connectivity index (χ2v) is 3.03. The van der Waals surface area contributed by atoms with Crippen LogP contribution < -0.4 is 10.6 Å². The Morgan fingerprint density at radius 3 is 2.44 bits per heavy atom. The van der Waals surface area contributed by atoms with Crippen LogP contribution in [-0.2, 0) is 14.3 Å². The summed E-state index contributed by atoms with van der Waals surface area (Å²) in [5, 5.41) is 13.3. The van der Waals surface area contributed by atoms with E-state index in [4.69, 9.17) is 5.11 Å². The zero-order valence-corrected chi connectivity index (χ0v) is 9.28. The molecule has 0 radical (unpaired) electrons. The first-order chi connectivity index (χ1) is 7.51. The molecule has 1 atom stereocenters. The molecule has 16 heavy (non-hydrogen) atoms. The molecular formula is C9H16N2O5. The van der Waals surface area contributed by atoms with Gasteiger partial charge in [0.25, 0.3) is 0 Å². The number of esters is 1. The molecular weight excluding hydrogens is 216 g/mol. The van der Waals surface area contributed by atoms with Crippen molar-refractivity contribution in [3.8, 4) is 0 Å². The van der Waals surface area contributed by atoms with E-state index in [-0.39, 0.29) is 13.0 Å². The second kappa shape index (κ2) is 7.49. The summed E-state index contributed by atoms with van der Waals surface area (Å²) < 4.78 is 4.37. The van der Waals surface area contributed by atoms with Gasteiger partial charge in [0.05, 0.1) is 13.5 Å². The third kappa shape index (κ3) is 5.84. The minimum Gasteiger partial charge on any atom is -0.480 e. The zero-order valence-electron chi connectivity index (χ0n) is 9.28. The van der Waals surface area contributed by atoms with Crippen LogP contribution in [0.1, 0.15) is 19.8 Å². The number of carboxylic acid groups (broad SMARTS) is 1. The number of rotatable bonds is 6. The third-order valence-corrected chi connectivity index (χ3v) is 1.85. The number of methoxy groups -OCH3 is 1. The molecule has 0 heterocycles. The Hall–Kier alpha value is -1.79. The number of amides is 2. The van der Waals surface area contributed by atoms with Gasteiger partial charge >= 0.3 is 18.0 Å². The first-order valence-corrected chi connectivity index (χ1v) is 4.85. The van der Waals surface area contributed by atoms with E-state index in [1.54, 1.807) is 6.92 Å². The number of carbonyl (C=O) groups excluding carboxylic acids is 2. The van der Waals surface area contributed by atoms with Gasteiger partial charge in [0.1, 0.15) is 6.04 Å². The zero-order chi connectivity index (χ0) is 12.6. The summed E-state index contributed by atoms with van der Waals surface area (Å²) in [6.07, 6.45) is 0.341. The summed E-state index contributed by atoms with van der Waals surface area (Å²) in [5.41, 5.74) is 0. The molecule has 0 aromatic carbocycles. The topological polar surface area (TPSA) is 105 Å². The molecule has 0 aromatic heterocycles. The van der Waals surface area contributed by atoms with Crippen molar-refractivity contribution in [2.24, 2.45) is 0 Å². The highest BCUT2D eigenvalue weighted by molar-refractivity contribution is 5.82. The van der Waals surface area contributed by atoms with Gasteiger partial charge < -0.3 is 20.5 Å². The van der Waals surface area contributed by atoms with Crippen LogP contribution in [0.3, 0.4) is 0 Å². The van der Waals surface area contributed by atoms with Crippen molar-refractivity contribution in [2.45, 2.75) is 25.8 Å². The highest BCUT2D eigenvalue weighted by Crippen LogP contribution is 1.90. The molecule has 1 unspecified atom stereocenters. The van der Waals surface area contributed by atoms with Gasteiger partial charge in [-0.1, -0.05) is 6.92 Å². The first kappa shape index (κ1) is 14.2. The lowest BCUT2D eigenvalue weighted by molar-refractivity contribution is -0.141. The largest absolute Gasteiger partial charge is 0.480 e. The van der Waals surface area contributed by atoms with Gasteiger partial charge in [0.15, 0.2) is 0 Å². The third-order valence-electron chi connectivity index (χ3n) is 1.85. The molecule has 0 aliphatic rings. The van der Waals surface area contributed by atoms with Crippen LogP contribution >= 0.6 is 0 Å². The molecule has 3 N–H and O–H groups in total. The Kier molecular flexibility index (Phi) is 6.66. The average molecular weight is 232 g/mol. The van der Waals surface area contributed by atoms with Crippen LogP contribution in [-0.4, -0.2) is 42.8 Å². The van der Waals surface area contributed by atoms with Crippen LogP contribution in [0.5, 0.6) is 0 Å². The molecule has 0 aromatic rings. The van der Waals surface area contributed by atoms with Crippen LogP contribution in [0.25, 0.3) is 0 Å². The van der Waals surface area contributed by atoms with E-state index in [9.17, 15) is 14.4 Å². The molecule has 0 aliphatic carbocycles. The van der Waals surface area contributed by atoms with Crippen molar-refractivity contribution in [3.63, 3.8) is 0 Å². The molecule has 2 amide bonds. The lowest BCUT2D eigenvalue weighted by Gasteiger charge is -2.12. The fourth-order valence-corrected chi connectivity index (χ4v) is 0.928. The van der Waals surface area contributed by atoms with Crippen molar-refractivity contribution in [1.82, 2.24) is 10.6 Å². The van der Waals surface area contributed by atoms with Gasteiger partial charge in [0.2, 0.25) is 0 Å². The quantitative estimate of drug-likeness (QED) is 0.546. The van der Waals surface area contributed by atoms with Gasteiger partial charge in [-0.25, -0.2) is 9.59 Å². The molecule has 0 saturated carbocycles. The van der Waals surface area contributed by atoms with Gasteiger partial charge in [-0.3, -0.25) is 4.79 Å². The van der Waals surface area contributed by atoms with Crippen LogP contribution in [0.2, 0.25) is 0 Å². The van der Waals surface area contributed by atoms with Crippen molar-refractivity contribution in [2.75, 3.05) is 13.7 Å². The van der Waals surface area contributed by atoms with Crippen molar-refractivity contribution < 1.29 is 24.2 Å². The fraction of sp³-hybridized carbons (Fsp3) is 0.667. The number of ether oxygens (including phenoxy) is 1. The number of carbonyl (C=O) groups is 3. The summed E-state index contributed by atoms with van der Waals surface area (Å²) >= 11 is 0. The normalized spacial score (nSPS) is 11.4. The minimum absolute atomic E-state index is 0.0494. The van der Waals surface area contributed by atoms with E-state index in [0.717, 1.165) is 0 Å². The second-order valence-electron chi connectivity index (χ2n) is 3.03. The van der Waals surface area contributed by atoms with Gasteiger partial charge in [-0.2, -0.15) is 0 Å². The Labute approximate surface area is 93.2 Å². The first-order valence-electron chi connectivity index (χ1n) is 4.85. The number of urea groups is 1. The molecule has 7 heteroatoms. The lowest BCUT2D eigenvalue weighted by Crippen LogP contribution is -2.46. The fourth-order valence-electron chi connectivity index (χ4n) is 0.928. The van der Waals surface area contributed by atoms with E-state index in [1.165, 1.54) is 7.11 Å². The number of hydrogen-bond acceptors (Lipinski definition) is 4. The van der Waals surface area contributed by atoms with E-state index >= 15 is 0 Å². The standard InChI is InChI=1S/C9H16N2O5/c1-3-6(8(13)14)11-9(15)10-5-4-7(12)16-2/h6H,3-5H2,1-2H3,(H,13,14)(H2,10,11,15). The minimum atomic E-state index is -1.09. The molecule has 92 valence electrons. The predicted octanol–water partition coefficient (Wildman–Crippen LogP) is -0.288. The molecule has 0 aliphatic heterocycles. The Balaban J connectivity index is 3.81. The Morgan fingerprint density at radius 1 is 1.38 bits per heavy atom. The Bertz CT molecular complexity index is 267. The lowest BCUT2D eigenvalue weighted by atomic mass is 10.2. The highest BCUT2D eigenvalue weighted by Gasteiger charge is 2.16. The molecule has 0 saturated heterocycles. The summed E-state index contributed by atoms with van der Waals surface area (Å²) in [4.78, 5) is 32.4. The van der Waals surface area contributed by atoms with Crippen molar-refractivity contribution in [1.29, 1.82) is 0 Å². The molecule has 7 nitrogen and oxygen atoms in total. The number of carboxylic acids is 1. The SMILES string of the molecule is CCC(NC(=O)NCCC(=O)OC)C(=O)O. The van der Waals surface area contributed by atoms with Gasteiger partial charge in [-0.05, 0) is 6.42 Å².